The molecule has 0 spiro atoms. The topological polar surface area (TPSA) is 72.2 Å². The molecule has 1 aromatic rings. The summed E-state index contributed by atoms with van der Waals surface area (Å²) in [6, 6.07) is 3.33. The highest BCUT2D eigenvalue weighted by Gasteiger charge is 2.17. The Balaban J connectivity index is 2.74. The fraction of sp³-hybridized carbons (Fsp3) is 0.571. The Morgan fingerprint density at radius 2 is 2.00 bits per heavy atom. The van der Waals surface area contributed by atoms with Crippen LogP contribution in [-0.4, -0.2) is 15.0 Å². The number of hydrogen-bond donors (Lipinski definition) is 2. The third kappa shape index (κ3) is 5.09. The quantitative estimate of drug-likeness (QED) is 0.725. The van der Waals surface area contributed by atoms with Crippen LogP contribution in [0.1, 0.15) is 39.5 Å². The summed E-state index contributed by atoms with van der Waals surface area (Å²) in [5.41, 5.74) is 5.57. The molecular weight excluding hydrogens is 279 g/mol. The van der Waals surface area contributed by atoms with Crippen molar-refractivity contribution in [1.82, 2.24) is 4.72 Å². The number of sulfonamides is 1. The van der Waals surface area contributed by atoms with Crippen LogP contribution in [0, 0.1) is 11.7 Å². The van der Waals surface area contributed by atoms with Gasteiger partial charge in [0.15, 0.2) is 0 Å². The average molecular weight is 302 g/mol. The van der Waals surface area contributed by atoms with E-state index < -0.39 is 15.8 Å². The van der Waals surface area contributed by atoms with Gasteiger partial charge < -0.3 is 5.73 Å². The predicted octanol–water partition coefficient (Wildman–Crippen LogP) is 2.90. The van der Waals surface area contributed by atoms with Gasteiger partial charge in [0.25, 0.3) is 0 Å². The van der Waals surface area contributed by atoms with Gasteiger partial charge >= 0.3 is 0 Å². The van der Waals surface area contributed by atoms with Crippen molar-refractivity contribution in [3.05, 3.63) is 24.0 Å². The van der Waals surface area contributed by atoms with Crippen LogP contribution >= 0.6 is 0 Å². The van der Waals surface area contributed by atoms with Gasteiger partial charge in [0, 0.05) is 12.2 Å². The molecule has 0 aliphatic rings. The van der Waals surface area contributed by atoms with Crippen LogP contribution in [0.15, 0.2) is 23.1 Å². The molecule has 1 rings (SSSR count). The number of nitrogens with two attached hydrogens (primary N) is 1. The lowest BCUT2D eigenvalue weighted by atomic mass is 10.00. The van der Waals surface area contributed by atoms with Crippen LogP contribution < -0.4 is 10.5 Å². The Hall–Kier alpha value is -1.14. The number of rotatable bonds is 8. The van der Waals surface area contributed by atoms with Crippen LogP contribution in [0.4, 0.5) is 10.1 Å². The van der Waals surface area contributed by atoms with E-state index in [9.17, 15) is 12.8 Å². The second kappa shape index (κ2) is 7.59. The first-order valence-corrected chi connectivity index (χ1v) is 8.43. The normalized spacial score (nSPS) is 13.3. The standard InChI is InChI=1S/C14H23FN2O2S/c1-3-5-6-11(4-2)10-17-20(18,19)14-8-12(15)7-13(16)9-14/h7-9,11,17H,3-6,10,16H2,1-2H3. The van der Waals surface area contributed by atoms with Gasteiger partial charge in [-0.05, 0) is 30.5 Å². The molecule has 0 heterocycles. The highest BCUT2D eigenvalue weighted by atomic mass is 32.2. The summed E-state index contributed by atoms with van der Waals surface area (Å²) in [6.07, 6.45) is 4.06. The van der Waals surface area contributed by atoms with Gasteiger partial charge in [-0.1, -0.05) is 33.1 Å². The fourth-order valence-corrected chi connectivity index (χ4v) is 3.17. The average Bonchev–Trinajstić information content (AvgIpc) is 2.38. The lowest BCUT2D eigenvalue weighted by molar-refractivity contribution is 0.443. The molecule has 0 aliphatic heterocycles. The fourth-order valence-electron chi connectivity index (χ4n) is 1.99. The Morgan fingerprint density at radius 1 is 1.30 bits per heavy atom. The molecular formula is C14H23FN2O2S. The van der Waals surface area contributed by atoms with Crippen molar-refractivity contribution in [2.75, 3.05) is 12.3 Å². The van der Waals surface area contributed by atoms with Crippen LogP contribution in [0.2, 0.25) is 0 Å². The maximum absolute atomic E-state index is 13.2. The summed E-state index contributed by atoms with van der Waals surface area (Å²) in [5.74, 6) is -0.348. The zero-order valence-electron chi connectivity index (χ0n) is 12.0. The molecule has 0 saturated carbocycles. The zero-order chi connectivity index (χ0) is 15.2. The van der Waals surface area contributed by atoms with E-state index in [1.54, 1.807) is 0 Å². The van der Waals surface area contributed by atoms with E-state index in [2.05, 4.69) is 11.6 Å². The molecule has 4 nitrogen and oxygen atoms in total. The first kappa shape index (κ1) is 16.9. The number of nitrogens with one attached hydrogen (secondary N) is 1. The number of anilines is 1. The van der Waals surface area contributed by atoms with Crippen LogP contribution in [0.3, 0.4) is 0 Å². The number of benzene rings is 1. The molecule has 0 radical (unpaired) electrons. The molecule has 1 aromatic carbocycles. The Labute approximate surface area is 120 Å². The predicted molar refractivity (Wildman–Crippen MR) is 79.3 cm³/mol. The van der Waals surface area contributed by atoms with Crippen molar-refractivity contribution in [3.8, 4) is 0 Å². The first-order valence-electron chi connectivity index (χ1n) is 6.94. The lowest BCUT2D eigenvalue weighted by Crippen LogP contribution is -2.29. The van der Waals surface area contributed by atoms with E-state index in [0.29, 0.717) is 12.5 Å². The van der Waals surface area contributed by atoms with Crippen LogP contribution in [-0.2, 0) is 10.0 Å². The Bertz CT molecular complexity index is 512. The zero-order valence-corrected chi connectivity index (χ0v) is 12.8. The van der Waals surface area contributed by atoms with Gasteiger partial charge in [0.2, 0.25) is 10.0 Å². The van der Waals surface area contributed by atoms with Gasteiger partial charge in [-0.15, -0.1) is 0 Å². The van der Waals surface area contributed by atoms with E-state index in [1.165, 1.54) is 6.07 Å². The van der Waals surface area contributed by atoms with Crippen LogP contribution in [0.5, 0.6) is 0 Å². The van der Waals surface area contributed by atoms with Gasteiger partial charge in [-0.25, -0.2) is 17.5 Å². The highest BCUT2D eigenvalue weighted by Crippen LogP contribution is 2.17. The molecule has 0 amide bonds. The Kier molecular flexibility index (Phi) is 6.42. The first-order chi connectivity index (χ1) is 9.39. The molecule has 6 heteroatoms. The lowest BCUT2D eigenvalue weighted by Gasteiger charge is -2.15. The molecule has 0 saturated heterocycles. The maximum atomic E-state index is 13.2. The third-order valence-corrected chi connectivity index (χ3v) is 4.71. The molecule has 3 N–H and O–H groups in total. The van der Waals surface area contributed by atoms with E-state index in [0.717, 1.165) is 37.8 Å². The molecule has 0 aliphatic carbocycles. The number of halogens is 1. The highest BCUT2D eigenvalue weighted by molar-refractivity contribution is 7.89. The summed E-state index contributed by atoms with van der Waals surface area (Å²) >= 11 is 0. The monoisotopic (exact) mass is 302 g/mol. The minimum absolute atomic E-state index is 0.100. The largest absolute Gasteiger partial charge is 0.399 e. The number of nitrogen functional groups attached to an aromatic ring is 1. The summed E-state index contributed by atoms with van der Waals surface area (Å²) in [7, 11) is -3.71. The molecule has 1 atom stereocenters. The van der Waals surface area contributed by atoms with E-state index in [-0.39, 0.29) is 10.6 Å². The molecule has 0 aromatic heterocycles. The SMILES string of the molecule is CCCCC(CC)CNS(=O)(=O)c1cc(N)cc(F)c1. The molecule has 0 fully saturated rings. The van der Waals surface area contributed by atoms with E-state index in [1.807, 2.05) is 6.92 Å². The maximum Gasteiger partial charge on any atom is 0.240 e. The number of hydrogen-bond acceptors (Lipinski definition) is 3. The molecule has 1 unspecified atom stereocenters. The third-order valence-electron chi connectivity index (χ3n) is 3.31. The van der Waals surface area contributed by atoms with Gasteiger partial charge in [0.1, 0.15) is 5.82 Å². The number of unbranched alkanes of at least 4 members (excludes halogenated alkanes) is 1. The molecule has 114 valence electrons. The minimum atomic E-state index is -3.71. The van der Waals surface area contributed by atoms with E-state index >= 15 is 0 Å². The van der Waals surface area contributed by atoms with Crippen molar-refractivity contribution in [1.29, 1.82) is 0 Å². The van der Waals surface area contributed by atoms with Crippen molar-refractivity contribution in [2.24, 2.45) is 5.92 Å². The van der Waals surface area contributed by atoms with Gasteiger partial charge in [-0.2, -0.15) is 0 Å². The van der Waals surface area contributed by atoms with Crippen molar-refractivity contribution >= 4 is 15.7 Å². The van der Waals surface area contributed by atoms with Gasteiger partial charge in [0.05, 0.1) is 4.90 Å². The minimum Gasteiger partial charge on any atom is -0.399 e. The second-order valence-electron chi connectivity index (χ2n) is 4.99. The molecule has 20 heavy (non-hydrogen) atoms. The van der Waals surface area contributed by atoms with Crippen molar-refractivity contribution in [3.63, 3.8) is 0 Å². The smallest absolute Gasteiger partial charge is 0.240 e. The summed E-state index contributed by atoms with van der Waals surface area (Å²) < 4.78 is 40.0. The van der Waals surface area contributed by atoms with E-state index in [4.69, 9.17) is 5.73 Å². The summed E-state index contributed by atoms with van der Waals surface area (Å²) in [5, 5.41) is 0. The molecule has 0 bridgehead atoms. The summed E-state index contributed by atoms with van der Waals surface area (Å²) in [6.45, 7) is 4.51. The summed E-state index contributed by atoms with van der Waals surface area (Å²) in [4.78, 5) is -0.125. The Morgan fingerprint density at radius 3 is 2.55 bits per heavy atom. The van der Waals surface area contributed by atoms with Crippen LogP contribution in [0.25, 0.3) is 0 Å². The van der Waals surface area contributed by atoms with Gasteiger partial charge in [-0.3, -0.25) is 0 Å². The van der Waals surface area contributed by atoms with Crippen molar-refractivity contribution < 1.29 is 12.8 Å². The second-order valence-corrected chi connectivity index (χ2v) is 6.76. The van der Waals surface area contributed by atoms with Crippen molar-refractivity contribution in [2.45, 2.75) is 44.4 Å².